The zero-order chi connectivity index (χ0) is 13.3. The van der Waals surface area contributed by atoms with E-state index in [0.717, 1.165) is 6.92 Å². The molecule has 1 aromatic rings. The number of nitro groups is 1. The summed E-state index contributed by atoms with van der Waals surface area (Å²) in [5, 5.41) is 10.2. The van der Waals surface area contributed by atoms with E-state index in [1.807, 2.05) is 0 Å². The molecule has 0 fully saturated rings. The fourth-order valence-electron chi connectivity index (χ4n) is 1.01. The van der Waals surface area contributed by atoms with Crippen LogP contribution in [0.1, 0.15) is 12.5 Å². The molecule has 0 aromatic heterocycles. The van der Waals surface area contributed by atoms with Gasteiger partial charge >= 0.3 is 0 Å². The minimum absolute atomic E-state index is 0.274. The second kappa shape index (κ2) is 4.48. The Morgan fingerprint density at radius 2 is 1.35 bits per heavy atom. The smallest absolute Gasteiger partial charge is 0.244 e. The Kier molecular flexibility index (Phi) is 3.45. The molecule has 92 valence electrons. The molecule has 0 saturated carbocycles. The third-order valence-electron chi connectivity index (χ3n) is 1.88. The number of benzene rings is 1. The number of halogens is 5. The first-order chi connectivity index (χ1) is 7.77. The predicted octanol–water partition coefficient (Wildman–Crippen LogP) is 3.02. The van der Waals surface area contributed by atoms with Gasteiger partial charge in [0.2, 0.25) is 11.5 Å². The molecule has 0 bridgehead atoms. The Hall–Kier alpha value is -1.99. The summed E-state index contributed by atoms with van der Waals surface area (Å²) in [6, 6.07) is 0. The molecule has 0 aliphatic rings. The molecule has 0 heterocycles. The number of hydrogen-bond acceptors (Lipinski definition) is 2. The van der Waals surface area contributed by atoms with Crippen molar-refractivity contribution in [2.75, 3.05) is 0 Å². The number of allylic oxidation sites excluding steroid dienone is 1. The van der Waals surface area contributed by atoms with Gasteiger partial charge in [-0.2, -0.15) is 0 Å². The van der Waals surface area contributed by atoms with E-state index < -0.39 is 45.3 Å². The van der Waals surface area contributed by atoms with Gasteiger partial charge in [0.15, 0.2) is 23.3 Å². The van der Waals surface area contributed by atoms with Crippen molar-refractivity contribution in [2.45, 2.75) is 6.92 Å². The van der Waals surface area contributed by atoms with Crippen LogP contribution in [0.3, 0.4) is 0 Å². The van der Waals surface area contributed by atoms with Crippen LogP contribution in [0, 0.1) is 39.2 Å². The van der Waals surface area contributed by atoms with Crippen molar-refractivity contribution < 1.29 is 26.9 Å². The second-order valence-corrected chi connectivity index (χ2v) is 3.03. The maximum atomic E-state index is 13.0. The van der Waals surface area contributed by atoms with Gasteiger partial charge in [-0.25, -0.2) is 22.0 Å². The summed E-state index contributed by atoms with van der Waals surface area (Å²) >= 11 is 0. The monoisotopic (exact) mass is 253 g/mol. The maximum absolute atomic E-state index is 13.0. The van der Waals surface area contributed by atoms with Crippen molar-refractivity contribution in [3.63, 3.8) is 0 Å². The van der Waals surface area contributed by atoms with Gasteiger partial charge in [-0.05, 0) is 0 Å². The van der Waals surface area contributed by atoms with E-state index in [1.165, 1.54) is 0 Å². The Balaban J connectivity index is 3.56. The van der Waals surface area contributed by atoms with Gasteiger partial charge in [0, 0.05) is 13.0 Å². The topological polar surface area (TPSA) is 43.1 Å². The summed E-state index contributed by atoms with van der Waals surface area (Å²) in [5.74, 6) is -10.8. The molecule has 8 heteroatoms. The summed E-state index contributed by atoms with van der Waals surface area (Å²) in [7, 11) is 0. The van der Waals surface area contributed by atoms with E-state index in [-0.39, 0.29) is 6.08 Å². The molecule has 3 nitrogen and oxygen atoms in total. The van der Waals surface area contributed by atoms with Gasteiger partial charge in [0.25, 0.3) is 0 Å². The van der Waals surface area contributed by atoms with Crippen molar-refractivity contribution in [1.29, 1.82) is 0 Å². The van der Waals surface area contributed by atoms with Gasteiger partial charge in [0.1, 0.15) is 0 Å². The lowest BCUT2D eigenvalue weighted by Gasteiger charge is -2.03. The van der Waals surface area contributed by atoms with Gasteiger partial charge in [0.05, 0.1) is 10.5 Å². The van der Waals surface area contributed by atoms with E-state index >= 15 is 0 Å². The van der Waals surface area contributed by atoms with E-state index in [2.05, 4.69) is 0 Å². The van der Waals surface area contributed by atoms with Crippen molar-refractivity contribution in [2.24, 2.45) is 0 Å². The van der Waals surface area contributed by atoms with Gasteiger partial charge in [-0.15, -0.1) is 0 Å². The molecule has 0 amide bonds. The fourth-order valence-corrected chi connectivity index (χ4v) is 1.01. The van der Waals surface area contributed by atoms with Gasteiger partial charge in [-0.1, -0.05) is 0 Å². The molecule has 0 spiro atoms. The SMILES string of the molecule is C/C(=C\c1c(F)c(F)c(F)c(F)c1F)[N+](=O)[O-]. The summed E-state index contributed by atoms with van der Waals surface area (Å²) in [6.07, 6.45) is 0.274. The molecule has 0 aliphatic heterocycles. The molecular formula is C9H4F5NO2. The second-order valence-electron chi connectivity index (χ2n) is 3.03. The average Bonchev–Trinajstić information content (AvgIpc) is 2.29. The van der Waals surface area contributed by atoms with Crippen LogP contribution in [0.5, 0.6) is 0 Å². The van der Waals surface area contributed by atoms with E-state index in [4.69, 9.17) is 0 Å². The summed E-state index contributed by atoms with van der Waals surface area (Å²) in [5.41, 5.74) is -2.09. The normalized spacial score (nSPS) is 11.8. The lowest BCUT2D eigenvalue weighted by Crippen LogP contribution is -2.05. The van der Waals surface area contributed by atoms with Crippen molar-refractivity contribution in [3.05, 3.63) is 50.5 Å². The summed E-state index contributed by atoms with van der Waals surface area (Å²) in [4.78, 5) is 9.18. The third-order valence-corrected chi connectivity index (χ3v) is 1.88. The minimum Gasteiger partial charge on any atom is -0.259 e. The quantitative estimate of drug-likeness (QED) is 0.267. The van der Waals surface area contributed by atoms with Crippen LogP contribution in [0.15, 0.2) is 5.70 Å². The summed E-state index contributed by atoms with van der Waals surface area (Å²) < 4.78 is 64.1. The highest BCUT2D eigenvalue weighted by Crippen LogP contribution is 2.24. The average molecular weight is 253 g/mol. The Morgan fingerprint density at radius 1 is 1.00 bits per heavy atom. The largest absolute Gasteiger partial charge is 0.259 e. The van der Waals surface area contributed by atoms with E-state index in [0.29, 0.717) is 0 Å². The number of nitrogens with zero attached hydrogens (tertiary/aromatic N) is 1. The highest BCUT2D eigenvalue weighted by Gasteiger charge is 2.25. The van der Waals surface area contributed by atoms with E-state index in [1.54, 1.807) is 0 Å². The lowest BCUT2D eigenvalue weighted by atomic mass is 10.1. The fraction of sp³-hybridized carbons (Fsp3) is 0.111. The Bertz CT molecular complexity index is 498. The first-order valence-electron chi connectivity index (χ1n) is 4.11. The molecule has 0 N–H and O–H groups in total. The van der Waals surface area contributed by atoms with Crippen LogP contribution >= 0.6 is 0 Å². The highest BCUT2D eigenvalue weighted by molar-refractivity contribution is 5.52. The van der Waals surface area contributed by atoms with Crippen LogP contribution in [-0.4, -0.2) is 4.92 Å². The molecule has 1 aromatic carbocycles. The Labute approximate surface area is 91.3 Å². The van der Waals surface area contributed by atoms with Crippen LogP contribution in [0.2, 0.25) is 0 Å². The standard InChI is InChI=1S/C9H4F5NO2/c1-3(15(16)17)2-4-5(10)7(12)9(14)8(13)6(4)11/h2H,1H3/b3-2+. The molecular weight excluding hydrogens is 249 g/mol. The highest BCUT2D eigenvalue weighted by atomic mass is 19.2. The van der Waals surface area contributed by atoms with Gasteiger partial charge in [-0.3, -0.25) is 10.1 Å². The first kappa shape index (κ1) is 13.1. The molecule has 0 aliphatic carbocycles. The van der Waals surface area contributed by atoms with Crippen LogP contribution in [-0.2, 0) is 0 Å². The van der Waals surface area contributed by atoms with Gasteiger partial charge < -0.3 is 0 Å². The predicted molar refractivity (Wildman–Crippen MR) is 46.9 cm³/mol. The zero-order valence-corrected chi connectivity index (χ0v) is 8.23. The zero-order valence-electron chi connectivity index (χ0n) is 8.23. The van der Waals surface area contributed by atoms with Crippen LogP contribution in [0.25, 0.3) is 6.08 Å². The maximum Gasteiger partial charge on any atom is 0.244 e. The Morgan fingerprint density at radius 3 is 1.71 bits per heavy atom. The number of hydrogen-bond donors (Lipinski definition) is 0. The molecule has 0 atom stereocenters. The summed E-state index contributed by atoms with van der Waals surface area (Å²) in [6.45, 7) is 0.859. The lowest BCUT2D eigenvalue weighted by molar-refractivity contribution is -0.422. The molecule has 0 unspecified atom stereocenters. The molecule has 0 saturated heterocycles. The van der Waals surface area contributed by atoms with Crippen molar-refractivity contribution in [1.82, 2.24) is 0 Å². The first-order valence-corrected chi connectivity index (χ1v) is 4.11. The molecule has 1 rings (SSSR count). The van der Waals surface area contributed by atoms with E-state index in [9.17, 15) is 32.1 Å². The third kappa shape index (κ3) is 2.24. The molecule has 0 radical (unpaired) electrons. The minimum atomic E-state index is -2.31. The molecule has 17 heavy (non-hydrogen) atoms. The van der Waals surface area contributed by atoms with Crippen molar-refractivity contribution >= 4 is 6.08 Å². The van der Waals surface area contributed by atoms with Crippen LogP contribution in [0.4, 0.5) is 22.0 Å². The van der Waals surface area contributed by atoms with Crippen molar-refractivity contribution in [3.8, 4) is 0 Å². The number of rotatable bonds is 2. The van der Waals surface area contributed by atoms with Crippen LogP contribution < -0.4 is 0 Å².